The summed E-state index contributed by atoms with van der Waals surface area (Å²) in [6.07, 6.45) is 4.20. The van der Waals surface area contributed by atoms with E-state index in [2.05, 4.69) is 18.5 Å². The van der Waals surface area contributed by atoms with Gasteiger partial charge in [-0.1, -0.05) is 6.58 Å². The molecule has 1 saturated heterocycles. The number of hydrogen-bond acceptors (Lipinski definition) is 2. The zero-order chi connectivity index (χ0) is 8.27. The van der Waals surface area contributed by atoms with Crippen molar-refractivity contribution in [3.05, 3.63) is 12.8 Å². The molecule has 0 spiro atoms. The summed E-state index contributed by atoms with van der Waals surface area (Å²) < 4.78 is 0. The molecule has 0 aliphatic carbocycles. The van der Waals surface area contributed by atoms with Crippen molar-refractivity contribution in [3.63, 3.8) is 0 Å². The van der Waals surface area contributed by atoms with Gasteiger partial charge in [-0.25, -0.2) is 0 Å². The number of nitrogens with one attached hydrogen (secondary N) is 1. The molecule has 0 aromatic rings. The van der Waals surface area contributed by atoms with E-state index in [0.717, 1.165) is 19.5 Å². The van der Waals surface area contributed by atoms with E-state index >= 15 is 0 Å². The van der Waals surface area contributed by atoms with E-state index in [-0.39, 0.29) is 0 Å². The van der Waals surface area contributed by atoms with Crippen LogP contribution >= 0.6 is 0 Å². The second-order valence-electron chi connectivity index (χ2n) is 2.96. The molecule has 0 unspecified atom stereocenters. The topological polar surface area (TPSA) is 30.3 Å². The van der Waals surface area contributed by atoms with E-state index in [1.54, 1.807) is 6.20 Å². The first-order valence-corrected chi connectivity index (χ1v) is 3.87. The maximum atomic E-state index is 7.10. The van der Waals surface area contributed by atoms with Crippen LogP contribution in [0.3, 0.4) is 0 Å². The van der Waals surface area contributed by atoms with Gasteiger partial charge >= 0.3 is 0 Å². The van der Waals surface area contributed by atoms with E-state index in [1.165, 1.54) is 6.34 Å². The fraction of sp³-hybridized carbons (Fsp3) is 0.625. The van der Waals surface area contributed by atoms with E-state index in [4.69, 9.17) is 5.41 Å². The SMILES string of the molecule is C=CN(C=N)[C@@H]1CCN(C)C1. The van der Waals surface area contributed by atoms with Crippen molar-refractivity contribution in [3.8, 4) is 0 Å². The van der Waals surface area contributed by atoms with Crippen LogP contribution in [0, 0.1) is 5.41 Å². The summed E-state index contributed by atoms with van der Waals surface area (Å²) in [4.78, 5) is 4.13. The predicted octanol–water partition coefficient (Wildman–Crippen LogP) is 0.743. The molecule has 0 saturated carbocycles. The van der Waals surface area contributed by atoms with Gasteiger partial charge in [-0.05, 0) is 26.2 Å². The zero-order valence-electron chi connectivity index (χ0n) is 6.95. The quantitative estimate of drug-likeness (QED) is 0.479. The lowest BCUT2D eigenvalue weighted by Crippen LogP contribution is -2.31. The van der Waals surface area contributed by atoms with Gasteiger partial charge in [-0.3, -0.25) is 5.41 Å². The predicted molar refractivity (Wildman–Crippen MR) is 46.7 cm³/mol. The van der Waals surface area contributed by atoms with Crippen LogP contribution in [0.4, 0.5) is 0 Å². The van der Waals surface area contributed by atoms with Crippen molar-refractivity contribution in [2.24, 2.45) is 0 Å². The lowest BCUT2D eigenvalue weighted by molar-refractivity contribution is 0.365. The van der Waals surface area contributed by atoms with Crippen LogP contribution in [0.25, 0.3) is 0 Å². The fourth-order valence-electron chi connectivity index (χ4n) is 1.46. The molecule has 1 aliphatic rings. The summed E-state index contributed by atoms with van der Waals surface area (Å²) in [5, 5.41) is 7.10. The summed E-state index contributed by atoms with van der Waals surface area (Å²) in [7, 11) is 2.10. The smallest absolute Gasteiger partial charge is 0.0860 e. The Bertz CT molecular complexity index is 147. The third-order valence-electron chi connectivity index (χ3n) is 2.15. The van der Waals surface area contributed by atoms with E-state index in [1.807, 2.05) is 4.90 Å². The van der Waals surface area contributed by atoms with Gasteiger partial charge in [0.1, 0.15) is 0 Å². The molecule has 0 aromatic heterocycles. The summed E-state index contributed by atoms with van der Waals surface area (Å²) in [6.45, 7) is 5.83. The summed E-state index contributed by atoms with van der Waals surface area (Å²) in [6, 6.07) is 0.468. The summed E-state index contributed by atoms with van der Waals surface area (Å²) in [5.74, 6) is 0. The Labute approximate surface area is 67.8 Å². The van der Waals surface area contributed by atoms with Crippen LogP contribution in [0.1, 0.15) is 6.42 Å². The lowest BCUT2D eigenvalue weighted by atomic mass is 10.2. The minimum absolute atomic E-state index is 0.468. The van der Waals surface area contributed by atoms with Crippen molar-refractivity contribution < 1.29 is 0 Å². The first kappa shape index (κ1) is 8.27. The molecule has 62 valence electrons. The molecule has 1 fully saturated rings. The van der Waals surface area contributed by atoms with Crippen LogP contribution in [-0.4, -0.2) is 42.3 Å². The van der Waals surface area contributed by atoms with E-state index in [0.29, 0.717) is 6.04 Å². The molecular formula is C8H15N3. The average Bonchev–Trinajstić information content (AvgIpc) is 2.39. The Hall–Kier alpha value is -0.830. The monoisotopic (exact) mass is 153 g/mol. The molecule has 1 N–H and O–H groups in total. The molecule has 1 aliphatic heterocycles. The highest BCUT2D eigenvalue weighted by Gasteiger charge is 2.22. The van der Waals surface area contributed by atoms with Crippen molar-refractivity contribution in [1.29, 1.82) is 5.41 Å². The van der Waals surface area contributed by atoms with Crippen LogP contribution in [0.2, 0.25) is 0 Å². The fourth-order valence-corrected chi connectivity index (χ4v) is 1.46. The lowest BCUT2D eigenvalue weighted by Gasteiger charge is -2.21. The Morgan fingerprint density at radius 3 is 2.82 bits per heavy atom. The van der Waals surface area contributed by atoms with E-state index in [9.17, 15) is 0 Å². The first-order valence-electron chi connectivity index (χ1n) is 3.87. The third kappa shape index (κ3) is 1.80. The average molecular weight is 153 g/mol. The van der Waals surface area contributed by atoms with Gasteiger partial charge in [0.15, 0.2) is 0 Å². The van der Waals surface area contributed by atoms with Gasteiger partial charge in [0.05, 0.1) is 6.34 Å². The third-order valence-corrected chi connectivity index (χ3v) is 2.15. The van der Waals surface area contributed by atoms with E-state index < -0.39 is 0 Å². The van der Waals surface area contributed by atoms with Gasteiger partial charge in [0.25, 0.3) is 0 Å². The molecule has 11 heavy (non-hydrogen) atoms. The van der Waals surface area contributed by atoms with Crippen LogP contribution < -0.4 is 0 Å². The van der Waals surface area contributed by atoms with Gasteiger partial charge in [0.2, 0.25) is 0 Å². The van der Waals surface area contributed by atoms with Crippen LogP contribution in [0.15, 0.2) is 12.8 Å². The maximum absolute atomic E-state index is 7.10. The molecule has 3 heteroatoms. The summed E-state index contributed by atoms with van der Waals surface area (Å²) >= 11 is 0. The molecule has 3 nitrogen and oxygen atoms in total. The molecule has 0 radical (unpaired) electrons. The number of hydrogen-bond donors (Lipinski definition) is 1. The van der Waals surface area contributed by atoms with Gasteiger partial charge in [-0.15, -0.1) is 0 Å². The van der Waals surface area contributed by atoms with Crippen LogP contribution in [-0.2, 0) is 0 Å². The Morgan fingerprint density at radius 1 is 1.73 bits per heavy atom. The highest BCUT2D eigenvalue weighted by molar-refractivity contribution is 5.53. The van der Waals surface area contributed by atoms with Gasteiger partial charge in [0, 0.05) is 12.6 Å². The Morgan fingerprint density at radius 2 is 2.45 bits per heavy atom. The Kier molecular flexibility index (Phi) is 2.65. The number of likely N-dealkylation sites (tertiary alicyclic amines) is 1. The first-order chi connectivity index (χ1) is 5.27. The molecule has 1 heterocycles. The standard InChI is InChI=1S/C8H15N3/c1-3-11(7-9)8-4-5-10(2)6-8/h3,7-9H,1,4-6H2,2H3/t8-/m1/s1. The van der Waals surface area contributed by atoms with Crippen LogP contribution in [0.5, 0.6) is 0 Å². The minimum atomic E-state index is 0.468. The molecular weight excluding hydrogens is 138 g/mol. The molecule has 0 aromatic carbocycles. The maximum Gasteiger partial charge on any atom is 0.0860 e. The number of nitrogens with zero attached hydrogens (tertiary/aromatic N) is 2. The second-order valence-corrected chi connectivity index (χ2v) is 2.96. The summed E-state index contributed by atoms with van der Waals surface area (Å²) in [5.41, 5.74) is 0. The van der Waals surface area contributed by atoms with Gasteiger partial charge < -0.3 is 9.80 Å². The molecule has 1 rings (SSSR count). The number of likely N-dealkylation sites (N-methyl/N-ethyl adjacent to an activating group) is 1. The normalized spacial score (nSPS) is 25.0. The Balaban J connectivity index is 2.46. The molecule has 1 atom stereocenters. The molecule has 0 bridgehead atoms. The van der Waals surface area contributed by atoms with Crippen molar-refractivity contribution in [1.82, 2.24) is 9.80 Å². The van der Waals surface area contributed by atoms with Crippen molar-refractivity contribution >= 4 is 6.34 Å². The highest BCUT2D eigenvalue weighted by atomic mass is 15.2. The highest BCUT2D eigenvalue weighted by Crippen LogP contribution is 2.12. The van der Waals surface area contributed by atoms with Gasteiger partial charge in [-0.2, -0.15) is 0 Å². The minimum Gasteiger partial charge on any atom is -0.336 e. The molecule has 0 amide bonds. The zero-order valence-corrected chi connectivity index (χ0v) is 6.95. The van der Waals surface area contributed by atoms with Crippen molar-refractivity contribution in [2.75, 3.05) is 20.1 Å². The largest absolute Gasteiger partial charge is 0.336 e. The number of rotatable bonds is 3. The van der Waals surface area contributed by atoms with Crippen molar-refractivity contribution in [2.45, 2.75) is 12.5 Å². The second kappa shape index (κ2) is 3.53.